The van der Waals surface area contributed by atoms with Gasteiger partial charge in [0.2, 0.25) is 0 Å². The van der Waals surface area contributed by atoms with E-state index in [1.165, 1.54) is 10.8 Å². The van der Waals surface area contributed by atoms with Crippen LogP contribution in [0, 0.1) is 13.8 Å². The SMILES string of the molecule is Cc1ccc(C)c(OCC(=O)N2CCN(c3ccc(-c4ccc5ccccc5c4)nn3)CC2)c1. The molecule has 1 aliphatic rings. The molecule has 6 heteroatoms. The van der Waals surface area contributed by atoms with E-state index in [-0.39, 0.29) is 12.5 Å². The number of carbonyl (C=O) groups excluding carboxylic acids is 1. The molecule has 1 amide bonds. The van der Waals surface area contributed by atoms with E-state index in [0.29, 0.717) is 13.1 Å². The smallest absolute Gasteiger partial charge is 0.260 e. The Morgan fingerprint density at radius 1 is 0.853 bits per heavy atom. The van der Waals surface area contributed by atoms with E-state index >= 15 is 0 Å². The van der Waals surface area contributed by atoms with E-state index < -0.39 is 0 Å². The number of benzene rings is 3. The third kappa shape index (κ3) is 4.71. The number of aromatic nitrogens is 2. The van der Waals surface area contributed by atoms with Gasteiger partial charge in [0.25, 0.3) is 5.91 Å². The minimum absolute atomic E-state index is 0.0123. The lowest BCUT2D eigenvalue weighted by atomic mass is 10.1. The van der Waals surface area contributed by atoms with E-state index in [4.69, 9.17) is 4.74 Å². The third-order valence-corrected chi connectivity index (χ3v) is 6.35. The van der Waals surface area contributed by atoms with Gasteiger partial charge in [-0.2, -0.15) is 0 Å². The maximum atomic E-state index is 12.7. The number of hydrogen-bond acceptors (Lipinski definition) is 5. The molecule has 0 unspecified atom stereocenters. The van der Waals surface area contributed by atoms with Crippen molar-refractivity contribution in [3.05, 3.63) is 83.9 Å². The zero-order valence-corrected chi connectivity index (χ0v) is 19.6. The zero-order valence-electron chi connectivity index (χ0n) is 19.6. The number of anilines is 1. The number of rotatable bonds is 5. The maximum Gasteiger partial charge on any atom is 0.260 e. The van der Waals surface area contributed by atoms with Crippen molar-refractivity contribution in [2.24, 2.45) is 0 Å². The first-order chi connectivity index (χ1) is 16.6. The van der Waals surface area contributed by atoms with E-state index in [1.54, 1.807) is 0 Å². The molecule has 0 atom stereocenters. The van der Waals surface area contributed by atoms with Gasteiger partial charge in [-0.15, -0.1) is 10.2 Å². The summed E-state index contributed by atoms with van der Waals surface area (Å²) in [6.07, 6.45) is 0. The number of aryl methyl sites for hydroxylation is 2. The average molecular weight is 453 g/mol. The van der Waals surface area contributed by atoms with Gasteiger partial charge in [-0.3, -0.25) is 4.79 Å². The van der Waals surface area contributed by atoms with Gasteiger partial charge >= 0.3 is 0 Å². The monoisotopic (exact) mass is 452 g/mol. The summed E-state index contributed by atoms with van der Waals surface area (Å²) in [7, 11) is 0. The fourth-order valence-corrected chi connectivity index (χ4v) is 4.28. The molecule has 0 saturated carbocycles. The summed E-state index contributed by atoms with van der Waals surface area (Å²) >= 11 is 0. The van der Waals surface area contributed by atoms with E-state index in [0.717, 1.165) is 47.0 Å². The highest BCUT2D eigenvalue weighted by molar-refractivity contribution is 5.86. The molecule has 0 bridgehead atoms. The average Bonchev–Trinajstić information content (AvgIpc) is 2.89. The number of nitrogens with zero attached hydrogens (tertiary/aromatic N) is 4. The molecule has 5 rings (SSSR count). The predicted octanol–water partition coefficient (Wildman–Crippen LogP) is 4.64. The molecule has 0 N–H and O–H groups in total. The Kier molecular flexibility index (Phi) is 6.12. The van der Waals surface area contributed by atoms with Gasteiger partial charge in [0.05, 0.1) is 5.69 Å². The summed E-state index contributed by atoms with van der Waals surface area (Å²) < 4.78 is 5.80. The molecule has 1 saturated heterocycles. The molecule has 4 aromatic rings. The van der Waals surface area contributed by atoms with E-state index in [1.807, 2.05) is 61.2 Å². The number of fused-ring (bicyclic) bond motifs is 1. The Bertz CT molecular complexity index is 1310. The molecule has 6 nitrogen and oxygen atoms in total. The minimum Gasteiger partial charge on any atom is -0.483 e. The van der Waals surface area contributed by atoms with Crippen LogP contribution in [0.3, 0.4) is 0 Å². The van der Waals surface area contributed by atoms with Gasteiger partial charge in [0.1, 0.15) is 5.75 Å². The largest absolute Gasteiger partial charge is 0.483 e. The molecule has 2 heterocycles. The molecule has 34 heavy (non-hydrogen) atoms. The second kappa shape index (κ2) is 9.51. The maximum absolute atomic E-state index is 12.7. The van der Waals surface area contributed by atoms with Crippen LogP contribution in [-0.2, 0) is 4.79 Å². The lowest BCUT2D eigenvalue weighted by Gasteiger charge is -2.35. The first-order valence-corrected chi connectivity index (χ1v) is 11.6. The first-order valence-electron chi connectivity index (χ1n) is 11.6. The molecule has 172 valence electrons. The second-order valence-electron chi connectivity index (χ2n) is 8.76. The predicted molar refractivity (Wildman–Crippen MR) is 135 cm³/mol. The van der Waals surface area contributed by atoms with Crippen LogP contribution in [0.4, 0.5) is 5.82 Å². The van der Waals surface area contributed by atoms with Crippen LogP contribution in [0.1, 0.15) is 11.1 Å². The molecular weight excluding hydrogens is 424 g/mol. The summed E-state index contributed by atoms with van der Waals surface area (Å²) in [5.74, 6) is 1.62. The molecule has 0 aliphatic carbocycles. The van der Waals surface area contributed by atoms with Crippen molar-refractivity contribution in [3.8, 4) is 17.0 Å². The van der Waals surface area contributed by atoms with Crippen molar-refractivity contribution in [1.82, 2.24) is 15.1 Å². The third-order valence-electron chi connectivity index (χ3n) is 6.35. The molecular formula is C28H28N4O2. The van der Waals surface area contributed by atoms with Crippen molar-refractivity contribution < 1.29 is 9.53 Å². The highest BCUT2D eigenvalue weighted by atomic mass is 16.5. The van der Waals surface area contributed by atoms with Crippen molar-refractivity contribution in [2.45, 2.75) is 13.8 Å². The van der Waals surface area contributed by atoms with Crippen molar-refractivity contribution in [2.75, 3.05) is 37.7 Å². The fraction of sp³-hybridized carbons (Fsp3) is 0.250. The minimum atomic E-state index is 0.0123. The topological polar surface area (TPSA) is 58.6 Å². The van der Waals surface area contributed by atoms with Crippen LogP contribution in [0.25, 0.3) is 22.0 Å². The number of hydrogen-bond donors (Lipinski definition) is 0. The number of carbonyl (C=O) groups is 1. The van der Waals surface area contributed by atoms with Crippen molar-refractivity contribution >= 4 is 22.5 Å². The lowest BCUT2D eigenvalue weighted by Crippen LogP contribution is -2.50. The molecule has 1 aliphatic heterocycles. The van der Waals surface area contributed by atoms with Crippen LogP contribution >= 0.6 is 0 Å². The van der Waals surface area contributed by atoms with Gasteiger partial charge in [0, 0.05) is 31.7 Å². The Labute approximate surface area is 199 Å². The highest BCUT2D eigenvalue weighted by Gasteiger charge is 2.22. The zero-order chi connectivity index (χ0) is 23.5. The summed E-state index contributed by atoms with van der Waals surface area (Å²) in [6, 6.07) is 24.7. The second-order valence-corrected chi connectivity index (χ2v) is 8.76. The van der Waals surface area contributed by atoms with Crippen LogP contribution in [-0.4, -0.2) is 53.8 Å². The molecule has 1 aromatic heterocycles. The normalized spacial score (nSPS) is 13.8. The summed E-state index contributed by atoms with van der Waals surface area (Å²) in [5, 5.41) is 11.3. The van der Waals surface area contributed by atoms with Gasteiger partial charge in [-0.25, -0.2) is 0 Å². The highest BCUT2D eigenvalue weighted by Crippen LogP contribution is 2.24. The Hall–Kier alpha value is -3.93. The lowest BCUT2D eigenvalue weighted by molar-refractivity contribution is -0.133. The van der Waals surface area contributed by atoms with Gasteiger partial charge in [-0.1, -0.05) is 48.5 Å². The fourth-order valence-electron chi connectivity index (χ4n) is 4.28. The van der Waals surface area contributed by atoms with Crippen molar-refractivity contribution in [3.63, 3.8) is 0 Å². The summed E-state index contributed by atoms with van der Waals surface area (Å²) in [5.41, 5.74) is 4.06. The number of piperazine rings is 1. The number of ether oxygens (including phenoxy) is 1. The van der Waals surface area contributed by atoms with Crippen LogP contribution in [0.15, 0.2) is 72.8 Å². The summed E-state index contributed by atoms with van der Waals surface area (Å²) in [4.78, 5) is 16.7. The Morgan fingerprint density at radius 2 is 1.65 bits per heavy atom. The van der Waals surface area contributed by atoms with Crippen molar-refractivity contribution in [1.29, 1.82) is 0 Å². The van der Waals surface area contributed by atoms with Gasteiger partial charge in [-0.05, 0) is 60.0 Å². The standard InChI is InChI=1S/C28H28N4O2/c1-20-7-8-21(2)26(17-20)34-19-28(33)32-15-13-31(14-16-32)27-12-11-25(29-30-27)24-10-9-22-5-3-4-6-23(22)18-24/h3-12,17-18H,13-16,19H2,1-2H3. The Morgan fingerprint density at radius 3 is 2.41 bits per heavy atom. The molecule has 0 radical (unpaired) electrons. The number of amides is 1. The Balaban J connectivity index is 1.17. The van der Waals surface area contributed by atoms with Gasteiger partial charge < -0.3 is 14.5 Å². The van der Waals surface area contributed by atoms with Crippen LogP contribution in [0.2, 0.25) is 0 Å². The summed E-state index contributed by atoms with van der Waals surface area (Å²) in [6.45, 7) is 6.80. The molecule has 1 fully saturated rings. The van der Waals surface area contributed by atoms with Crippen LogP contribution in [0.5, 0.6) is 5.75 Å². The van der Waals surface area contributed by atoms with Crippen LogP contribution < -0.4 is 9.64 Å². The molecule has 3 aromatic carbocycles. The molecule has 0 spiro atoms. The van der Waals surface area contributed by atoms with E-state index in [2.05, 4.69) is 45.4 Å². The van der Waals surface area contributed by atoms with E-state index in [9.17, 15) is 4.79 Å². The first kappa shape index (κ1) is 21.9. The van der Waals surface area contributed by atoms with Gasteiger partial charge in [0.15, 0.2) is 12.4 Å². The quantitative estimate of drug-likeness (QED) is 0.442.